The number of nitrogens with zero attached hydrogens (tertiary/aromatic N) is 2. The van der Waals surface area contributed by atoms with E-state index in [1.54, 1.807) is 20.8 Å². The minimum absolute atomic E-state index is 0.168. The van der Waals surface area contributed by atoms with E-state index in [1.807, 2.05) is 0 Å². The zero-order chi connectivity index (χ0) is 13.2. The highest BCUT2D eigenvalue weighted by Crippen LogP contribution is 2.07. The molecular weight excluding hydrogens is 222 g/mol. The zero-order valence-electron chi connectivity index (χ0n) is 10.2. The zero-order valence-corrected chi connectivity index (χ0v) is 10.2. The molecule has 1 aromatic rings. The number of aromatic nitrogens is 2. The summed E-state index contributed by atoms with van der Waals surface area (Å²) in [5, 5.41) is 11.0. The Morgan fingerprint density at radius 2 is 1.65 bits per heavy atom. The molecule has 0 aliphatic rings. The third kappa shape index (κ3) is 2.99. The number of rotatable bonds is 3. The molecule has 0 aromatic carbocycles. The fourth-order valence-corrected chi connectivity index (χ4v) is 1.26. The van der Waals surface area contributed by atoms with Crippen molar-refractivity contribution >= 4 is 11.9 Å². The monoisotopic (exact) mass is 237 g/mol. The molecule has 6 heteroatoms. The summed E-state index contributed by atoms with van der Waals surface area (Å²) in [7, 11) is 0. The number of aliphatic carboxylic acids is 1. The summed E-state index contributed by atoms with van der Waals surface area (Å²) in [6, 6.07) is -0.953. The Bertz CT molecular complexity index is 471. The second kappa shape index (κ2) is 4.90. The van der Waals surface area contributed by atoms with Gasteiger partial charge in [-0.25, -0.2) is 4.98 Å². The third-order valence-electron chi connectivity index (χ3n) is 2.41. The van der Waals surface area contributed by atoms with Crippen LogP contribution in [0, 0.1) is 20.8 Å². The van der Waals surface area contributed by atoms with Crippen LogP contribution >= 0.6 is 0 Å². The summed E-state index contributed by atoms with van der Waals surface area (Å²) >= 11 is 0. The molecule has 1 aromatic heterocycles. The lowest BCUT2D eigenvalue weighted by molar-refractivity contribution is -0.138. The van der Waals surface area contributed by atoms with Gasteiger partial charge in [0, 0.05) is 0 Å². The van der Waals surface area contributed by atoms with E-state index < -0.39 is 17.9 Å². The minimum atomic E-state index is -1.09. The third-order valence-corrected chi connectivity index (χ3v) is 2.41. The van der Waals surface area contributed by atoms with E-state index in [4.69, 9.17) is 5.11 Å². The number of amides is 1. The van der Waals surface area contributed by atoms with Crippen LogP contribution in [0.15, 0.2) is 0 Å². The Morgan fingerprint density at radius 1 is 1.12 bits per heavy atom. The van der Waals surface area contributed by atoms with Gasteiger partial charge in [-0.2, -0.15) is 0 Å². The van der Waals surface area contributed by atoms with Crippen molar-refractivity contribution in [2.24, 2.45) is 0 Å². The molecule has 0 bridgehead atoms. The second-order valence-electron chi connectivity index (χ2n) is 3.86. The van der Waals surface area contributed by atoms with Gasteiger partial charge in [0.05, 0.1) is 17.1 Å². The fourth-order valence-electron chi connectivity index (χ4n) is 1.26. The van der Waals surface area contributed by atoms with Crippen molar-refractivity contribution in [1.29, 1.82) is 0 Å². The molecule has 92 valence electrons. The maximum atomic E-state index is 11.8. The van der Waals surface area contributed by atoms with Crippen LogP contribution in [0.2, 0.25) is 0 Å². The number of carbonyl (C=O) groups is 2. The molecule has 1 heterocycles. The van der Waals surface area contributed by atoms with Crippen LogP contribution in [0.5, 0.6) is 0 Å². The molecule has 0 saturated heterocycles. The SMILES string of the molecule is Cc1nc(C)c(C(=O)N[C@@H](C)C(=O)O)nc1C. The van der Waals surface area contributed by atoms with Crippen molar-refractivity contribution in [2.75, 3.05) is 0 Å². The van der Waals surface area contributed by atoms with Crippen LogP contribution in [0.25, 0.3) is 0 Å². The molecule has 2 N–H and O–H groups in total. The number of carboxylic acids is 1. The van der Waals surface area contributed by atoms with Gasteiger partial charge in [-0.3, -0.25) is 14.6 Å². The van der Waals surface area contributed by atoms with Crippen molar-refractivity contribution in [3.8, 4) is 0 Å². The Hall–Kier alpha value is -1.98. The number of hydrogen-bond acceptors (Lipinski definition) is 4. The predicted molar refractivity (Wildman–Crippen MR) is 60.8 cm³/mol. The van der Waals surface area contributed by atoms with E-state index in [0.29, 0.717) is 11.4 Å². The van der Waals surface area contributed by atoms with Gasteiger partial charge in [-0.1, -0.05) is 0 Å². The number of nitrogens with one attached hydrogen (secondary N) is 1. The quantitative estimate of drug-likeness (QED) is 0.803. The minimum Gasteiger partial charge on any atom is -0.480 e. The summed E-state index contributed by atoms with van der Waals surface area (Å²) in [5.41, 5.74) is 2.07. The largest absolute Gasteiger partial charge is 0.480 e. The summed E-state index contributed by atoms with van der Waals surface area (Å²) in [5.74, 6) is -1.61. The van der Waals surface area contributed by atoms with Crippen LogP contribution in [-0.4, -0.2) is 33.0 Å². The lowest BCUT2D eigenvalue weighted by Gasteiger charge is -2.11. The molecule has 1 amide bonds. The molecular formula is C11H15N3O3. The molecule has 1 rings (SSSR count). The topological polar surface area (TPSA) is 92.2 Å². The maximum absolute atomic E-state index is 11.8. The highest BCUT2D eigenvalue weighted by molar-refractivity contribution is 5.95. The Morgan fingerprint density at radius 3 is 2.18 bits per heavy atom. The Balaban J connectivity index is 2.97. The number of carboxylic acid groups (broad SMARTS) is 1. The van der Waals surface area contributed by atoms with Crippen molar-refractivity contribution in [1.82, 2.24) is 15.3 Å². The lowest BCUT2D eigenvalue weighted by Crippen LogP contribution is -2.39. The first-order valence-corrected chi connectivity index (χ1v) is 5.18. The van der Waals surface area contributed by atoms with Gasteiger partial charge in [0.15, 0.2) is 0 Å². The summed E-state index contributed by atoms with van der Waals surface area (Å²) in [6.07, 6.45) is 0. The van der Waals surface area contributed by atoms with Gasteiger partial charge in [-0.05, 0) is 27.7 Å². The van der Waals surface area contributed by atoms with Gasteiger partial charge >= 0.3 is 5.97 Å². The van der Waals surface area contributed by atoms with Crippen LogP contribution in [0.1, 0.15) is 34.5 Å². The lowest BCUT2D eigenvalue weighted by atomic mass is 10.2. The molecule has 0 spiro atoms. The maximum Gasteiger partial charge on any atom is 0.325 e. The standard InChI is InChI=1S/C11H15N3O3/c1-5-6(2)13-9(7(3)12-5)10(15)14-8(4)11(16)17/h8H,1-4H3,(H,14,15)(H,16,17)/t8-/m0/s1. The van der Waals surface area contributed by atoms with Gasteiger partial charge in [0.1, 0.15) is 11.7 Å². The van der Waals surface area contributed by atoms with Crippen LogP contribution in [0.4, 0.5) is 0 Å². The Labute approximate surface area is 99.1 Å². The van der Waals surface area contributed by atoms with E-state index >= 15 is 0 Å². The molecule has 0 fully saturated rings. The van der Waals surface area contributed by atoms with E-state index in [-0.39, 0.29) is 5.69 Å². The number of carbonyl (C=O) groups excluding carboxylic acids is 1. The highest BCUT2D eigenvalue weighted by Gasteiger charge is 2.19. The first kappa shape index (κ1) is 13.1. The van der Waals surface area contributed by atoms with Crippen molar-refractivity contribution in [3.63, 3.8) is 0 Å². The highest BCUT2D eigenvalue weighted by atomic mass is 16.4. The van der Waals surface area contributed by atoms with Crippen LogP contribution in [-0.2, 0) is 4.79 Å². The molecule has 17 heavy (non-hydrogen) atoms. The molecule has 6 nitrogen and oxygen atoms in total. The first-order valence-electron chi connectivity index (χ1n) is 5.18. The van der Waals surface area contributed by atoms with Gasteiger partial charge in [0.25, 0.3) is 5.91 Å². The van der Waals surface area contributed by atoms with Crippen molar-refractivity contribution in [2.45, 2.75) is 33.7 Å². The summed E-state index contributed by atoms with van der Waals surface area (Å²) < 4.78 is 0. The predicted octanol–water partition coefficient (Wildman–Crippen LogP) is 0.605. The Kier molecular flexibility index (Phi) is 3.77. The van der Waals surface area contributed by atoms with E-state index in [9.17, 15) is 9.59 Å². The van der Waals surface area contributed by atoms with Crippen LogP contribution in [0.3, 0.4) is 0 Å². The number of aryl methyl sites for hydroxylation is 3. The van der Waals surface area contributed by atoms with E-state index in [2.05, 4.69) is 15.3 Å². The molecule has 0 aliphatic heterocycles. The van der Waals surface area contributed by atoms with Gasteiger partial charge < -0.3 is 10.4 Å². The summed E-state index contributed by atoms with van der Waals surface area (Å²) in [4.78, 5) is 30.7. The number of hydrogen-bond donors (Lipinski definition) is 2. The van der Waals surface area contributed by atoms with Crippen LogP contribution < -0.4 is 5.32 Å². The average Bonchev–Trinajstić information content (AvgIpc) is 2.22. The smallest absolute Gasteiger partial charge is 0.325 e. The average molecular weight is 237 g/mol. The molecule has 0 aliphatic carbocycles. The van der Waals surface area contributed by atoms with E-state index in [0.717, 1.165) is 5.69 Å². The molecule has 0 unspecified atom stereocenters. The summed E-state index contributed by atoms with van der Waals surface area (Å²) in [6.45, 7) is 6.61. The molecule has 0 saturated carbocycles. The van der Waals surface area contributed by atoms with Gasteiger partial charge in [-0.15, -0.1) is 0 Å². The first-order chi connectivity index (χ1) is 7.82. The fraction of sp³-hybridized carbons (Fsp3) is 0.455. The van der Waals surface area contributed by atoms with E-state index in [1.165, 1.54) is 6.92 Å². The van der Waals surface area contributed by atoms with Gasteiger partial charge in [0.2, 0.25) is 0 Å². The van der Waals surface area contributed by atoms with Crippen molar-refractivity contribution < 1.29 is 14.7 Å². The van der Waals surface area contributed by atoms with Crippen molar-refractivity contribution in [3.05, 3.63) is 22.8 Å². The second-order valence-corrected chi connectivity index (χ2v) is 3.86. The normalized spacial score (nSPS) is 12.0. The molecule has 0 radical (unpaired) electrons. The molecule has 1 atom stereocenters.